The number of nitrogens with one attached hydrogen (secondary N) is 1. The Bertz CT molecular complexity index is 331. The van der Waals surface area contributed by atoms with Gasteiger partial charge in [0.1, 0.15) is 5.75 Å². The molecule has 0 spiro atoms. The Morgan fingerprint density at radius 3 is 2.65 bits per heavy atom. The van der Waals surface area contributed by atoms with Gasteiger partial charge in [-0.2, -0.15) is 0 Å². The Hall–Kier alpha value is -0.440. The highest BCUT2D eigenvalue weighted by Crippen LogP contribution is 2.27. The molecule has 96 valence electrons. The zero-order valence-electron chi connectivity index (χ0n) is 10.1. The maximum absolute atomic E-state index is 5.99. The van der Waals surface area contributed by atoms with Gasteiger partial charge in [-0.15, -0.1) is 0 Å². The van der Waals surface area contributed by atoms with Gasteiger partial charge in [0.2, 0.25) is 0 Å². The van der Waals surface area contributed by atoms with Gasteiger partial charge in [-0.05, 0) is 38.6 Å². The summed E-state index contributed by atoms with van der Waals surface area (Å²) in [6.45, 7) is 1.78. The van der Waals surface area contributed by atoms with E-state index in [4.69, 9.17) is 27.9 Å². The number of benzene rings is 1. The number of rotatable bonds is 8. The van der Waals surface area contributed by atoms with Crippen LogP contribution in [-0.2, 0) is 0 Å². The van der Waals surface area contributed by atoms with E-state index in [0.717, 1.165) is 13.0 Å². The molecule has 17 heavy (non-hydrogen) atoms. The lowest BCUT2D eigenvalue weighted by atomic mass is 10.2. The van der Waals surface area contributed by atoms with E-state index in [1.807, 2.05) is 7.05 Å². The lowest BCUT2D eigenvalue weighted by Crippen LogP contribution is -2.07. The minimum Gasteiger partial charge on any atom is -0.492 e. The van der Waals surface area contributed by atoms with E-state index >= 15 is 0 Å². The highest BCUT2D eigenvalue weighted by atomic mass is 35.5. The zero-order valence-corrected chi connectivity index (χ0v) is 11.7. The van der Waals surface area contributed by atoms with Crippen molar-refractivity contribution in [3.8, 4) is 5.75 Å². The highest BCUT2D eigenvalue weighted by Gasteiger charge is 2.01. The lowest BCUT2D eigenvalue weighted by molar-refractivity contribution is 0.305. The first kappa shape index (κ1) is 14.6. The second-order valence-electron chi connectivity index (χ2n) is 3.94. The predicted molar refractivity (Wildman–Crippen MR) is 74.4 cm³/mol. The summed E-state index contributed by atoms with van der Waals surface area (Å²) in [7, 11) is 1.98. The smallest absolute Gasteiger partial charge is 0.139 e. The van der Waals surface area contributed by atoms with E-state index in [-0.39, 0.29) is 0 Å². The third-order valence-corrected chi connectivity index (χ3v) is 3.02. The van der Waals surface area contributed by atoms with Crippen molar-refractivity contribution < 1.29 is 4.74 Å². The molecule has 0 aliphatic heterocycles. The van der Waals surface area contributed by atoms with Crippen LogP contribution in [0.25, 0.3) is 0 Å². The molecule has 1 aromatic rings. The van der Waals surface area contributed by atoms with Gasteiger partial charge in [-0.3, -0.25) is 0 Å². The Morgan fingerprint density at radius 1 is 1.12 bits per heavy atom. The molecular weight excluding hydrogens is 257 g/mol. The second-order valence-corrected chi connectivity index (χ2v) is 4.78. The van der Waals surface area contributed by atoms with Gasteiger partial charge in [-0.25, -0.2) is 0 Å². The van der Waals surface area contributed by atoms with E-state index in [1.54, 1.807) is 18.2 Å². The van der Waals surface area contributed by atoms with Gasteiger partial charge in [0.25, 0.3) is 0 Å². The molecule has 0 atom stereocenters. The van der Waals surface area contributed by atoms with Crippen LogP contribution >= 0.6 is 23.2 Å². The first-order chi connectivity index (χ1) is 8.24. The van der Waals surface area contributed by atoms with Crippen LogP contribution in [0.15, 0.2) is 18.2 Å². The molecule has 0 radical (unpaired) electrons. The van der Waals surface area contributed by atoms with E-state index in [2.05, 4.69) is 5.32 Å². The fraction of sp³-hybridized carbons (Fsp3) is 0.538. The van der Waals surface area contributed by atoms with Crippen molar-refractivity contribution in [1.82, 2.24) is 5.32 Å². The summed E-state index contributed by atoms with van der Waals surface area (Å²) in [5, 5.41) is 4.40. The number of hydrogen-bond acceptors (Lipinski definition) is 2. The molecule has 0 fully saturated rings. The molecule has 0 aliphatic rings. The summed E-state index contributed by atoms with van der Waals surface area (Å²) in [6, 6.07) is 5.27. The molecule has 0 aliphatic carbocycles. The van der Waals surface area contributed by atoms with Crippen LogP contribution in [0.5, 0.6) is 5.75 Å². The summed E-state index contributed by atoms with van der Waals surface area (Å²) < 4.78 is 5.59. The SMILES string of the molecule is CNCCCCCCOc1cc(Cl)ccc1Cl. The number of hydrogen-bond donors (Lipinski definition) is 1. The Balaban J connectivity index is 2.15. The summed E-state index contributed by atoms with van der Waals surface area (Å²) in [5.41, 5.74) is 0. The molecule has 0 unspecified atom stereocenters. The molecule has 0 saturated carbocycles. The van der Waals surface area contributed by atoms with Crippen molar-refractivity contribution in [2.45, 2.75) is 25.7 Å². The molecule has 0 saturated heterocycles. The van der Waals surface area contributed by atoms with Gasteiger partial charge in [0, 0.05) is 11.1 Å². The number of halogens is 2. The van der Waals surface area contributed by atoms with Crippen molar-refractivity contribution in [1.29, 1.82) is 0 Å². The van der Waals surface area contributed by atoms with E-state index in [1.165, 1.54) is 19.3 Å². The minimum absolute atomic E-state index is 0.615. The Morgan fingerprint density at radius 2 is 1.88 bits per heavy atom. The van der Waals surface area contributed by atoms with Gasteiger partial charge in [0.05, 0.1) is 11.6 Å². The molecular formula is C13H19Cl2NO. The average molecular weight is 276 g/mol. The summed E-state index contributed by atoms with van der Waals surface area (Å²) in [4.78, 5) is 0. The number of ether oxygens (including phenoxy) is 1. The van der Waals surface area contributed by atoms with Crippen molar-refractivity contribution in [2.75, 3.05) is 20.2 Å². The lowest BCUT2D eigenvalue weighted by Gasteiger charge is -2.08. The van der Waals surface area contributed by atoms with Crippen LogP contribution < -0.4 is 10.1 Å². The summed E-state index contributed by atoms with van der Waals surface area (Å²) in [6.07, 6.45) is 4.67. The van der Waals surface area contributed by atoms with Gasteiger partial charge >= 0.3 is 0 Å². The van der Waals surface area contributed by atoms with E-state index in [9.17, 15) is 0 Å². The molecule has 1 rings (SSSR count). The average Bonchev–Trinajstić information content (AvgIpc) is 2.32. The van der Waals surface area contributed by atoms with Crippen molar-refractivity contribution in [2.24, 2.45) is 0 Å². The van der Waals surface area contributed by atoms with Crippen molar-refractivity contribution in [3.63, 3.8) is 0 Å². The zero-order chi connectivity index (χ0) is 12.5. The predicted octanol–water partition coefficient (Wildman–Crippen LogP) is 4.15. The van der Waals surface area contributed by atoms with Crippen molar-refractivity contribution in [3.05, 3.63) is 28.2 Å². The topological polar surface area (TPSA) is 21.3 Å². The highest BCUT2D eigenvalue weighted by molar-refractivity contribution is 6.34. The fourth-order valence-electron chi connectivity index (χ4n) is 1.53. The normalized spacial score (nSPS) is 10.5. The van der Waals surface area contributed by atoms with E-state index in [0.29, 0.717) is 22.4 Å². The third-order valence-electron chi connectivity index (χ3n) is 2.47. The molecule has 4 heteroatoms. The second kappa shape index (κ2) is 8.62. The van der Waals surface area contributed by atoms with Crippen LogP contribution in [0.2, 0.25) is 10.0 Å². The van der Waals surface area contributed by atoms with Gasteiger partial charge in [-0.1, -0.05) is 36.0 Å². The van der Waals surface area contributed by atoms with Gasteiger partial charge < -0.3 is 10.1 Å². The molecule has 0 bridgehead atoms. The van der Waals surface area contributed by atoms with Gasteiger partial charge in [0.15, 0.2) is 0 Å². The Labute approximate surface area is 113 Å². The van der Waals surface area contributed by atoms with Crippen LogP contribution in [0.4, 0.5) is 0 Å². The summed E-state index contributed by atoms with van der Waals surface area (Å²) >= 11 is 11.9. The maximum atomic E-state index is 5.99. The molecule has 0 amide bonds. The first-order valence-corrected chi connectivity index (χ1v) is 6.72. The third kappa shape index (κ3) is 6.16. The largest absolute Gasteiger partial charge is 0.492 e. The monoisotopic (exact) mass is 275 g/mol. The first-order valence-electron chi connectivity index (χ1n) is 5.96. The molecule has 1 aromatic carbocycles. The van der Waals surface area contributed by atoms with E-state index < -0.39 is 0 Å². The van der Waals surface area contributed by atoms with Crippen LogP contribution in [-0.4, -0.2) is 20.2 Å². The summed E-state index contributed by atoms with van der Waals surface area (Å²) in [5.74, 6) is 0.675. The van der Waals surface area contributed by atoms with Crippen LogP contribution in [0.3, 0.4) is 0 Å². The van der Waals surface area contributed by atoms with Crippen LogP contribution in [0.1, 0.15) is 25.7 Å². The maximum Gasteiger partial charge on any atom is 0.139 e. The Kier molecular flexibility index (Phi) is 7.41. The minimum atomic E-state index is 0.615. The standard InChI is InChI=1S/C13H19Cl2NO/c1-16-8-4-2-3-5-9-17-13-10-11(14)6-7-12(13)15/h6-7,10,16H,2-5,8-9H2,1H3. The molecule has 0 aromatic heterocycles. The number of unbranched alkanes of at least 4 members (excludes halogenated alkanes) is 3. The quantitative estimate of drug-likeness (QED) is 0.720. The van der Waals surface area contributed by atoms with Crippen LogP contribution in [0, 0.1) is 0 Å². The van der Waals surface area contributed by atoms with Crippen molar-refractivity contribution >= 4 is 23.2 Å². The molecule has 0 heterocycles. The molecule has 1 N–H and O–H groups in total. The molecule has 2 nitrogen and oxygen atoms in total. The fourth-order valence-corrected chi connectivity index (χ4v) is 1.86.